The monoisotopic (exact) mass is 509 g/mol. The summed E-state index contributed by atoms with van der Waals surface area (Å²) in [6.45, 7) is 7.37. The number of hydrogen-bond donors (Lipinski definition) is 2. The van der Waals surface area contributed by atoms with Crippen LogP contribution in [0.3, 0.4) is 0 Å². The van der Waals surface area contributed by atoms with Crippen LogP contribution in [-0.4, -0.2) is 57.6 Å². The molecule has 1 aliphatic rings. The highest BCUT2D eigenvalue weighted by Gasteiger charge is 2.32. The van der Waals surface area contributed by atoms with E-state index in [2.05, 4.69) is 10.6 Å². The van der Waals surface area contributed by atoms with Crippen molar-refractivity contribution in [2.75, 3.05) is 40.0 Å². The standard InChI is InChI=1S/C20H32FN3O3.HI/c1-4-17(27-18-8-6-7-16(21)13-18)14-23-19(22-5-2)24-15-20(25-3)9-11-26-12-10-20;/h6-8,13,17H,4-5,9-12,14-15H2,1-3H3,(H2,22,23,24);1H. The van der Waals surface area contributed by atoms with E-state index in [0.717, 1.165) is 31.8 Å². The van der Waals surface area contributed by atoms with Crippen LogP contribution in [0.15, 0.2) is 29.3 Å². The quantitative estimate of drug-likeness (QED) is 0.304. The number of hydrogen-bond acceptors (Lipinski definition) is 4. The van der Waals surface area contributed by atoms with Crippen molar-refractivity contribution in [2.24, 2.45) is 4.99 Å². The van der Waals surface area contributed by atoms with Crippen molar-refractivity contribution < 1.29 is 18.6 Å². The number of guanidine groups is 1. The second kappa shape index (κ2) is 13.2. The minimum absolute atomic E-state index is 0. The number of methoxy groups -OCH3 is 1. The molecule has 0 spiro atoms. The van der Waals surface area contributed by atoms with Crippen molar-refractivity contribution in [1.29, 1.82) is 0 Å². The van der Waals surface area contributed by atoms with E-state index in [1.807, 2.05) is 13.8 Å². The Hall–Kier alpha value is -1.13. The molecule has 1 unspecified atom stereocenters. The predicted molar refractivity (Wildman–Crippen MR) is 120 cm³/mol. The maximum atomic E-state index is 13.3. The highest BCUT2D eigenvalue weighted by Crippen LogP contribution is 2.24. The second-order valence-electron chi connectivity index (χ2n) is 6.68. The van der Waals surface area contributed by atoms with Gasteiger partial charge in [-0.3, -0.25) is 4.99 Å². The van der Waals surface area contributed by atoms with Gasteiger partial charge in [-0.2, -0.15) is 0 Å². The van der Waals surface area contributed by atoms with Crippen molar-refractivity contribution in [3.63, 3.8) is 0 Å². The lowest BCUT2D eigenvalue weighted by atomic mass is 9.94. The molecule has 1 heterocycles. The lowest BCUT2D eigenvalue weighted by Gasteiger charge is -2.34. The number of halogens is 2. The van der Waals surface area contributed by atoms with Gasteiger partial charge in [0.25, 0.3) is 0 Å². The molecule has 2 rings (SSSR count). The van der Waals surface area contributed by atoms with Crippen molar-refractivity contribution in [3.8, 4) is 5.75 Å². The third kappa shape index (κ3) is 8.08. The zero-order chi connectivity index (χ0) is 19.5. The maximum Gasteiger partial charge on any atom is 0.191 e. The molecular formula is C20H33FIN3O3. The summed E-state index contributed by atoms with van der Waals surface area (Å²) in [5.74, 6) is 0.958. The Bertz CT molecular complexity index is 598. The molecule has 0 radical (unpaired) electrons. The molecule has 0 aromatic heterocycles. The van der Waals surface area contributed by atoms with Gasteiger partial charge in [-0.1, -0.05) is 13.0 Å². The maximum absolute atomic E-state index is 13.3. The van der Waals surface area contributed by atoms with Crippen LogP contribution < -0.4 is 15.4 Å². The van der Waals surface area contributed by atoms with Crippen LogP contribution in [0.1, 0.15) is 33.1 Å². The third-order valence-electron chi connectivity index (χ3n) is 4.76. The van der Waals surface area contributed by atoms with E-state index in [4.69, 9.17) is 19.2 Å². The normalized spacial score (nSPS) is 17.4. The molecule has 2 N–H and O–H groups in total. The van der Waals surface area contributed by atoms with Crippen LogP contribution in [0.2, 0.25) is 0 Å². The summed E-state index contributed by atoms with van der Waals surface area (Å²) in [7, 11) is 1.74. The second-order valence-corrected chi connectivity index (χ2v) is 6.68. The van der Waals surface area contributed by atoms with Crippen molar-refractivity contribution in [3.05, 3.63) is 30.1 Å². The Balaban J connectivity index is 0.00000392. The van der Waals surface area contributed by atoms with Crippen LogP contribution in [0.25, 0.3) is 0 Å². The van der Waals surface area contributed by atoms with Gasteiger partial charge in [0, 0.05) is 45.8 Å². The summed E-state index contributed by atoms with van der Waals surface area (Å²) in [5.41, 5.74) is -0.261. The van der Waals surface area contributed by atoms with E-state index in [1.54, 1.807) is 19.2 Å². The van der Waals surface area contributed by atoms with Gasteiger partial charge in [-0.25, -0.2) is 4.39 Å². The van der Waals surface area contributed by atoms with Gasteiger partial charge < -0.3 is 24.8 Å². The lowest BCUT2D eigenvalue weighted by molar-refractivity contribution is -0.0828. The fourth-order valence-corrected chi connectivity index (χ4v) is 2.95. The Labute approximate surface area is 184 Å². The summed E-state index contributed by atoms with van der Waals surface area (Å²) < 4.78 is 30.4. The number of benzene rings is 1. The number of aliphatic imine (C=N–C) groups is 1. The van der Waals surface area contributed by atoms with E-state index in [9.17, 15) is 4.39 Å². The zero-order valence-corrected chi connectivity index (χ0v) is 19.3. The van der Waals surface area contributed by atoms with E-state index in [1.165, 1.54) is 12.1 Å². The van der Waals surface area contributed by atoms with Crippen LogP contribution in [-0.2, 0) is 9.47 Å². The first-order valence-electron chi connectivity index (χ1n) is 9.68. The van der Waals surface area contributed by atoms with Gasteiger partial charge in [-0.15, -0.1) is 24.0 Å². The average molecular weight is 509 g/mol. The number of ether oxygens (including phenoxy) is 3. The topological polar surface area (TPSA) is 64.1 Å². The molecule has 0 aliphatic carbocycles. The SMILES string of the molecule is CCNC(=NCC1(OC)CCOCC1)NCC(CC)Oc1cccc(F)c1.I. The van der Waals surface area contributed by atoms with Gasteiger partial charge >= 0.3 is 0 Å². The Morgan fingerprint density at radius 2 is 2.04 bits per heavy atom. The van der Waals surface area contributed by atoms with Crippen molar-refractivity contribution >= 4 is 29.9 Å². The molecule has 1 atom stereocenters. The van der Waals surface area contributed by atoms with E-state index in [0.29, 0.717) is 32.1 Å². The molecule has 1 aromatic carbocycles. The largest absolute Gasteiger partial charge is 0.489 e. The van der Waals surface area contributed by atoms with Crippen LogP contribution in [0.4, 0.5) is 4.39 Å². The summed E-state index contributed by atoms with van der Waals surface area (Å²) in [6.07, 6.45) is 2.39. The van der Waals surface area contributed by atoms with Crippen LogP contribution >= 0.6 is 24.0 Å². The average Bonchev–Trinajstić information content (AvgIpc) is 2.69. The summed E-state index contributed by atoms with van der Waals surface area (Å²) in [4.78, 5) is 4.71. The molecule has 1 saturated heterocycles. The van der Waals surface area contributed by atoms with Crippen LogP contribution in [0.5, 0.6) is 5.75 Å². The minimum Gasteiger partial charge on any atom is -0.489 e. The zero-order valence-electron chi connectivity index (χ0n) is 17.0. The number of rotatable bonds is 9. The summed E-state index contributed by atoms with van der Waals surface area (Å²) in [5, 5.41) is 6.57. The van der Waals surface area contributed by atoms with Crippen LogP contribution in [0, 0.1) is 5.82 Å². The Morgan fingerprint density at radius 1 is 1.29 bits per heavy atom. The molecule has 160 valence electrons. The molecule has 0 amide bonds. The summed E-state index contributed by atoms with van der Waals surface area (Å²) in [6, 6.07) is 6.21. The van der Waals surface area contributed by atoms with Crippen molar-refractivity contribution in [2.45, 2.75) is 44.8 Å². The van der Waals surface area contributed by atoms with E-state index >= 15 is 0 Å². The smallest absolute Gasteiger partial charge is 0.191 e. The molecule has 1 fully saturated rings. The minimum atomic E-state index is -0.300. The van der Waals surface area contributed by atoms with Crippen molar-refractivity contribution in [1.82, 2.24) is 10.6 Å². The van der Waals surface area contributed by atoms with E-state index in [-0.39, 0.29) is 41.5 Å². The molecule has 8 heteroatoms. The van der Waals surface area contributed by atoms with Gasteiger partial charge in [0.1, 0.15) is 17.7 Å². The highest BCUT2D eigenvalue weighted by atomic mass is 127. The molecule has 1 aromatic rings. The number of nitrogens with zero attached hydrogens (tertiary/aromatic N) is 1. The van der Waals surface area contributed by atoms with E-state index < -0.39 is 0 Å². The Morgan fingerprint density at radius 3 is 2.64 bits per heavy atom. The highest BCUT2D eigenvalue weighted by molar-refractivity contribution is 14.0. The first-order valence-corrected chi connectivity index (χ1v) is 9.68. The first kappa shape index (κ1) is 24.9. The Kier molecular flexibility index (Phi) is 11.7. The predicted octanol–water partition coefficient (Wildman–Crippen LogP) is 3.35. The third-order valence-corrected chi connectivity index (χ3v) is 4.76. The number of nitrogens with one attached hydrogen (secondary N) is 2. The lowest BCUT2D eigenvalue weighted by Crippen LogP contribution is -2.45. The molecule has 0 saturated carbocycles. The summed E-state index contributed by atoms with van der Waals surface area (Å²) >= 11 is 0. The molecule has 1 aliphatic heterocycles. The molecule has 28 heavy (non-hydrogen) atoms. The molecule has 0 bridgehead atoms. The van der Waals surface area contributed by atoms with Gasteiger partial charge in [0.15, 0.2) is 5.96 Å². The molecule has 6 nitrogen and oxygen atoms in total. The van der Waals surface area contributed by atoms with Gasteiger partial charge in [0.05, 0.1) is 18.7 Å². The molecular weight excluding hydrogens is 476 g/mol. The fourth-order valence-electron chi connectivity index (χ4n) is 2.95. The fraction of sp³-hybridized carbons (Fsp3) is 0.650. The van der Waals surface area contributed by atoms with Gasteiger partial charge in [-0.05, 0) is 25.5 Å². The van der Waals surface area contributed by atoms with Gasteiger partial charge in [0.2, 0.25) is 0 Å². The first-order chi connectivity index (χ1) is 13.1.